The van der Waals surface area contributed by atoms with Crippen LogP contribution in [0.3, 0.4) is 0 Å². The third-order valence-electron chi connectivity index (χ3n) is 3.88. The average molecular weight is 382 g/mol. The Morgan fingerprint density at radius 3 is 2.22 bits per heavy atom. The van der Waals surface area contributed by atoms with Crippen LogP contribution in [0, 0.1) is 0 Å². The summed E-state index contributed by atoms with van der Waals surface area (Å²) in [5.41, 5.74) is 4.26. The number of hydrazine groups is 1. The van der Waals surface area contributed by atoms with E-state index in [0.717, 1.165) is 11.1 Å². The molecule has 7 heteroatoms. The summed E-state index contributed by atoms with van der Waals surface area (Å²) in [6.07, 6.45) is 0. The molecule has 0 atom stereocenters. The summed E-state index contributed by atoms with van der Waals surface area (Å²) in [7, 11) is -2.25. The number of hydrogen-bond donors (Lipinski definition) is 2. The highest BCUT2D eigenvalue weighted by Crippen LogP contribution is 2.24. The molecule has 138 valence electrons. The minimum atomic E-state index is -3.83. The van der Waals surface area contributed by atoms with Crippen LogP contribution in [0.5, 0.6) is 5.75 Å². The van der Waals surface area contributed by atoms with Gasteiger partial charge in [0.15, 0.2) is 0 Å². The normalized spacial score (nSPS) is 11.0. The van der Waals surface area contributed by atoms with E-state index < -0.39 is 15.9 Å². The molecule has 0 unspecified atom stereocenters. The van der Waals surface area contributed by atoms with Crippen molar-refractivity contribution < 1.29 is 17.9 Å². The summed E-state index contributed by atoms with van der Waals surface area (Å²) < 4.78 is 29.6. The number of nitrogens with one attached hydrogen (secondary N) is 2. The maximum absolute atomic E-state index is 12.4. The smallest absolute Gasteiger partial charge is 0.266 e. The summed E-state index contributed by atoms with van der Waals surface area (Å²) in [4.78, 5) is 14.5. The first-order chi connectivity index (χ1) is 13.0. The molecule has 0 fully saturated rings. The molecular formula is C20H18N2O4S. The van der Waals surface area contributed by atoms with E-state index in [9.17, 15) is 13.2 Å². The Morgan fingerprint density at radius 2 is 1.52 bits per heavy atom. The van der Waals surface area contributed by atoms with Gasteiger partial charge in [0.1, 0.15) is 5.75 Å². The summed E-state index contributed by atoms with van der Waals surface area (Å²) in [5, 5.41) is 0. The standard InChI is InChI=1S/C20H18N2O4S/c1-26-18-10-6-8-16(14-18)15-7-5-9-17(13-15)20(23)21-22-27(24,25)19-11-3-2-4-12-19/h2-14,22H,1H3,(H,21,23). The fourth-order valence-corrected chi connectivity index (χ4v) is 3.35. The molecule has 0 saturated heterocycles. The van der Waals surface area contributed by atoms with E-state index in [-0.39, 0.29) is 4.90 Å². The predicted molar refractivity (Wildman–Crippen MR) is 103 cm³/mol. The highest BCUT2D eigenvalue weighted by Gasteiger charge is 2.15. The van der Waals surface area contributed by atoms with Crippen molar-refractivity contribution in [2.45, 2.75) is 4.90 Å². The topological polar surface area (TPSA) is 84.5 Å². The zero-order valence-electron chi connectivity index (χ0n) is 14.5. The maximum Gasteiger partial charge on any atom is 0.266 e. The SMILES string of the molecule is COc1cccc(-c2cccc(C(=O)NNS(=O)(=O)c3ccccc3)c2)c1. The third-order valence-corrected chi connectivity index (χ3v) is 5.14. The van der Waals surface area contributed by atoms with E-state index >= 15 is 0 Å². The summed E-state index contributed by atoms with van der Waals surface area (Å²) in [6, 6.07) is 22.1. The lowest BCUT2D eigenvalue weighted by atomic mass is 10.0. The van der Waals surface area contributed by atoms with Gasteiger partial charge in [0.25, 0.3) is 15.9 Å². The molecule has 0 radical (unpaired) electrons. The van der Waals surface area contributed by atoms with Gasteiger partial charge in [0.2, 0.25) is 0 Å². The van der Waals surface area contributed by atoms with Crippen molar-refractivity contribution in [2.24, 2.45) is 0 Å². The lowest BCUT2D eigenvalue weighted by molar-refractivity contribution is 0.0945. The molecule has 0 aromatic heterocycles. The molecule has 2 N–H and O–H groups in total. The third kappa shape index (κ3) is 4.52. The van der Waals surface area contributed by atoms with Gasteiger partial charge in [0, 0.05) is 5.56 Å². The molecule has 27 heavy (non-hydrogen) atoms. The minimum absolute atomic E-state index is 0.0652. The Labute approximate surface area is 157 Å². The number of amides is 1. The molecule has 0 saturated carbocycles. The first-order valence-electron chi connectivity index (χ1n) is 8.11. The van der Waals surface area contributed by atoms with E-state index in [1.54, 1.807) is 43.5 Å². The average Bonchev–Trinajstić information content (AvgIpc) is 2.73. The highest BCUT2D eigenvalue weighted by molar-refractivity contribution is 7.89. The molecule has 0 aliphatic rings. The number of rotatable bonds is 6. The van der Waals surface area contributed by atoms with E-state index in [1.165, 1.54) is 12.1 Å². The van der Waals surface area contributed by atoms with Crippen LogP contribution in [0.2, 0.25) is 0 Å². The number of carbonyl (C=O) groups is 1. The second kappa shape index (κ2) is 8.03. The first kappa shape index (κ1) is 18.6. The van der Waals surface area contributed by atoms with Gasteiger partial charge in [-0.2, -0.15) is 0 Å². The number of ether oxygens (including phenoxy) is 1. The van der Waals surface area contributed by atoms with Crippen molar-refractivity contribution in [3.63, 3.8) is 0 Å². The molecule has 1 amide bonds. The Hall–Kier alpha value is -3.16. The molecule has 0 aliphatic heterocycles. The van der Waals surface area contributed by atoms with Crippen molar-refractivity contribution in [2.75, 3.05) is 7.11 Å². The number of benzene rings is 3. The van der Waals surface area contributed by atoms with Crippen LogP contribution in [0.1, 0.15) is 10.4 Å². The zero-order valence-corrected chi connectivity index (χ0v) is 15.4. The second-order valence-electron chi connectivity index (χ2n) is 5.69. The van der Waals surface area contributed by atoms with E-state index in [2.05, 4.69) is 10.3 Å². The summed E-state index contributed by atoms with van der Waals surface area (Å²) in [6.45, 7) is 0. The van der Waals surface area contributed by atoms with Crippen LogP contribution in [0.4, 0.5) is 0 Å². The van der Waals surface area contributed by atoms with Gasteiger partial charge in [-0.3, -0.25) is 10.2 Å². The fourth-order valence-electron chi connectivity index (χ4n) is 2.49. The van der Waals surface area contributed by atoms with E-state index in [0.29, 0.717) is 11.3 Å². The Balaban J connectivity index is 1.76. The van der Waals surface area contributed by atoms with Gasteiger partial charge in [-0.25, -0.2) is 8.42 Å². The lowest BCUT2D eigenvalue weighted by Gasteiger charge is -2.10. The monoisotopic (exact) mass is 382 g/mol. The van der Waals surface area contributed by atoms with Crippen LogP contribution in [-0.2, 0) is 10.0 Å². The van der Waals surface area contributed by atoms with Gasteiger partial charge in [-0.1, -0.05) is 42.5 Å². The van der Waals surface area contributed by atoms with Gasteiger partial charge in [0.05, 0.1) is 12.0 Å². The lowest BCUT2D eigenvalue weighted by Crippen LogP contribution is -2.41. The highest BCUT2D eigenvalue weighted by atomic mass is 32.2. The fraction of sp³-hybridized carbons (Fsp3) is 0.0500. The zero-order chi connectivity index (χ0) is 19.3. The molecule has 0 aliphatic carbocycles. The van der Waals surface area contributed by atoms with Crippen LogP contribution in [0.15, 0.2) is 83.8 Å². The molecular weight excluding hydrogens is 364 g/mol. The van der Waals surface area contributed by atoms with Crippen molar-refractivity contribution in [3.8, 4) is 16.9 Å². The largest absolute Gasteiger partial charge is 0.497 e. The quantitative estimate of drug-likeness (QED) is 0.642. The summed E-state index contributed by atoms with van der Waals surface area (Å²) in [5.74, 6) is 0.150. The molecule has 3 rings (SSSR count). The number of sulfonamides is 1. The van der Waals surface area contributed by atoms with Crippen molar-refractivity contribution >= 4 is 15.9 Å². The number of methoxy groups -OCH3 is 1. The Morgan fingerprint density at radius 1 is 0.852 bits per heavy atom. The minimum Gasteiger partial charge on any atom is -0.497 e. The van der Waals surface area contributed by atoms with Crippen molar-refractivity contribution in [3.05, 3.63) is 84.4 Å². The van der Waals surface area contributed by atoms with Gasteiger partial charge in [-0.15, -0.1) is 4.83 Å². The van der Waals surface area contributed by atoms with Gasteiger partial charge < -0.3 is 4.74 Å². The van der Waals surface area contributed by atoms with Crippen LogP contribution in [0.25, 0.3) is 11.1 Å². The van der Waals surface area contributed by atoms with Crippen LogP contribution in [-0.4, -0.2) is 21.4 Å². The molecule has 0 bridgehead atoms. The Kier molecular flexibility index (Phi) is 5.54. The summed E-state index contributed by atoms with van der Waals surface area (Å²) >= 11 is 0. The van der Waals surface area contributed by atoms with E-state index in [1.807, 2.05) is 30.3 Å². The molecule has 0 spiro atoms. The maximum atomic E-state index is 12.4. The molecule has 0 heterocycles. The second-order valence-corrected chi connectivity index (χ2v) is 7.37. The Bertz CT molecular complexity index is 1050. The first-order valence-corrected chi connectivity index (χ1v) is 9.59. The van der Waals surface area contributed by atoms with Gasteiger partial charge in [-0.05, 0) is 47.5 Å². The van der Waals surface area contributed by atoms with Crippen LogP contribution >= 0.6 is 0 Å². The van der Waals surface area contributed by atoms with Crippen molar-refractivity contribution in [1.29, 1.82) is 0 Å². The van der Waals surface area contributed by atoms with Crippen LogP contribution < -0.4 is 15.0 Å². The van der Waals surface area contributed by atoms with E-state index in [4.69, 9.17) is 4.74 Å². The number of hydrogen-bond acceptors (Lipinski definition) is 4. The predicted octanol–water partition coefficient (Wildman–Crippen LogP) is 2.99. The molecule has 3 aromatic carbocycles. The molecule has 6 nitrogen and oxygen atoms in total. The number of carbonyl (C=O) groups excluding carboxylic acids is 1. The van der Waals surface area contributed by atoms with Crippen molar-refractivity contribution in [1.82, 2.24) is 10.3 Å². The van der Waals surface area contributed by atoms with Gasteiger partial charge >= 0.3 is 0 Å². The molecule has 3 aromatic rings.